The molecule has 20 heavy (non-hydrogen) atoms. The first-order valence-corrected chi connectivity index (χ1v) is 7.46. The summed E-state index contributed by atoms with van der Waals surface area (Å²) in [6, 6.07) is 4.43. The smallest absolute Gasteiger partial charge is 0.243 e. The van der Waals surface area contributed by atoms with E-state index in [-0.39, 0.29) is 5.91 Å². The summed E-state index contributed by atoms with van der Waals surface area (Å²) >= 11 is 0. The Kier molecular flexibility index (Phi) is 2.54. The van der Waals surface area contributed by atoms with Gasteiger partial charge < -0.3 is 15.5 Å². The van der Waals surface area contributed by atoms with Gasteiger partial charge in [-0.25, -0.2) is 4.98 Å². The Morgan fingerprint density at radius 1 is 1.45 bits per heavy atom. The number of hydrogen-bond acceptors (Lipinski definition) is 4. The van der Waals surface area contributed by atoms with Crippen molar-refractivity contribution in [2.24, 2.45) is 5.73 Å². The fraction of sp³-hybridized carbons (Fsp3) is 0.600. The highest BCUT2D eigenvalue weighted by molar-refractivity contribution is 5.89. The van der Waals surface area contributed by atoms with Crippen molar-refractivity contribution in [2.45, 2.75) is 43.8 Å². The van der Waals surface area contributed by atoms with E-state index >= 15 is 0 Å². The molecule has 0 aromatic carbocycles. The Hall–Kier alpha value is -1.62. The average molecular weight is 272 g/mol. The number of nitrogens with zero attached hydrogens (tertiary/aromatic N) is 3. The molecule has 0 radical (unpaired) electrons. The fourth-order valence-electron chi connectivity index (χ4n) is 3.46. The molecule has 3 heterocycles. The molecular formula is C15H20N4O. The zero-order valence-electron chi connectivity index (χ0n) is 11.6. The third-order valence-corrected chi connectivity index (χ3v) is 4.81. The minimum atomic E-state index is -0.573. The Morgan fingerprint density at radius 2 is 2.30 bits per heavy atom. The first-order chi connectivity index (χ1) is 9.67. The van der Waals surface area contributed by atoms with Crippen LogP contribution in [0.1, 0.15) is 31.2 Å². The van der Waals surface area contributed by atoms with E-state index in [0.29, 0.717) is 12.6 Å². The Balaban J connectivity index is 1.70. The molecule has 3 aliphatic rings. The van der Waals surface area contributed by atoms with Crippen LogP contribution in [0.4, 0.5) is 5.82 Å². The van der Waals surface area contributed by atoms with Gasteiger partial charge in [-0.05, 0) is 31.7 Å². The molecule has 1 aromatic rings. The van der Waals surface area contributed by atoms with E-state index in [1.807, 2.05) is 17.2 Å². The average Bonchev–Trinajstić information content (AvgIpc) is 3.09. The van der Waals surface area contributed by atoms with E-state index in [1.54, 1.807) is 0 Å². The number of amides is 1. The summed E-state index contributed by atoms with van der Waals surface area (Å²) in [5.41, 5.74) is 6.68. The van der Waals surface area contributed by atoms with Crippen LogP contribution < -0.4 is 10.6 Å². The lowest BCUT2D eigenvalue weighted by atomic mass is 10.1. The quantitative estimate of drug-likeness (QED) is 0.824. The van der Waals surface area contributed by atoms with Gasteiger partial charge in [-0.3, -0.25) is 4.79 Å². The summed E-state index contributed by atoms with van der Waals surface area (Å²) < 4.78 is 0. The van der Waals surface area contributed by atoms with Gasteiger partial charge in [0.05, 0.1) is 5.54 Å². The SMILES string of the molecule is NC1(C(=O)N2Cc3cccnc3N3CCC[C@@H]3C2)CC1. The zero-order chi connectivity index (χ0) is 13.7. The predicted octanol–water partition coefficient (Wildman–Crippen LogP) is 0.884. The number of rotatable bonds is 1. The number of hydrogen-bond donors (Lipinski definition) is 1. The monoisotopic (exact) mass is 272 g/mol. The summed E-state index contributed by atoms with van der Waals surface area (Å²) in [5.74, 6) is 1.19. The van der Waals surface area contributed by atoms with Gasteiger partial charge in [0.1, 0.15) is 5.82 Å². The molecule has 5 heteroatoms. The molecule has 0 unspecified atom stereocenters. The van der Waals surface area contributed by atoms with Crippen LogP contribution in [0, 0.1) is 0 Å². The summed E-state index contributed by atoms with van der Waals surface area (Å²) in [4.78, 5) is 21.5. The fourth-order valence-corrected chi connectivity index (χ4v) is 3.46. The number of aromatic nitrogens is 1. The molecule has 1 amide bonds. The van der Waals surface area contributed by atoms with Crippen LogP contribution in [0.25, 0.3) is 0 Å². The van der Waals surface area contributed by atoms with Crippen molar-refractivity contribution in [3.63, 3.8) is 0 Å². The van der Waals surface area contributed by atoms with Gasteiger partial charge in [-0.15, -0.1) is 0 Å². The van der Waals surface area contributed by atoms with E-state index in [0.717, 1.165) is 43.7 Å². The highest BCUT2D eigenvalue weighted by Gasteiger charge is 2.49. The van der Waals surface area contributed by atoms with Crippen LogP contribution in [0.2, 0.25) is 0 Å². The molecule has 1 saturated carbocycles. The lowest BCUT2D eigenvalue weighted by molar-refractivity contribution is -0.134. The zero-order valence-corrected chi connectivity index (χ0v) is 11.6. The van der Waals surface area contributed by atoms with Gasteiger partial charge in [-0.1, -0.05) is 6.07 Å². The van der Waals surface area contributed by atoms with Crippen LogP contribution in [0.3, 0.4) is 0 Å². The highest BCUT2D eigenvalue weighted by Crippen LogP contribution is 2.37. The maximum absolute atomic E-state index is 12.6. The molecule has 5 nitrogen and oxygen atoms in total. The third kappa shape index (κ3) is 1.80. The molecule has 106 valence electrons. The van der Waals surface area contributed by atoms with E-state index in [9.17, 15) is 4.79 Å². The van der Waals surface area contributed by atoms with Crippen molar-refractivity contribution in [1.29, 1.82) is 0 Å². The molecule has 0 bridgehead atoms. The summed E-state index contributed by atoms with van der Waals surface area (Å²) in [7, 11) is 0. The number of carbonyl (C=O) groups is 1. The number of carbonyl (C=O) groups excluding carboxylic acids is 1. The third-order valence-electron chi connectivity index (χ3n) is 4.81. The van der Waals surface area contributed by atoms with Crippen molar-refractivity contribution >= 4 is 11.7 Å². The molecule has 2 fully saturated rings. The minimum absolute atomic E-state index is 0.126. The van der Waals surface area contributed by atoms with Crippen molar-refractivity contribution in [3.05, 3.63) is 23.9 Å². The molecule has 2 aliphatic heterocycles. The summed E-state index contributed by atoms with van der Waals surface area (Å²) in [6.07, 6.45) is 5.82. The van der Waals surface area contributed by atoms with Crippen LogP contribution >= 0.6 is 0 Å². The lowest BCUT2D eigenvalue weighted by Crippen LogP contribution is -2.48. The maximum atomic E-state index is 12.6. The molecule has 1 saturated heterocycles. The molecule has 1 aliphatic carbocycles. The van der Waals surface area contributed by atoms with Crippen LogP contribution in [-0.2, 0) is 11.3 Å². The van der Waals surface area contributed by atoms with Crippen molar-refractivity contribution in [3.8, 4) is 0 Å². The normalized spacial score (nSPS) is 26.8. The minimum Gasteiger partial charge on any atom is -0.352 e. The number of pyridine rings is 1. The first kappa shape index (κ1) is 12.1. The largest absolute Gasteiger partial charge is 0.352 e. The van der Waals surface area contributed by atoms with Gasteiger partial charge in [0.25, 0.3) is 0 Å². The number of fused-ring (bicyclic) bond motifs is 3. The highest BCUT2D eigenvalue weighted by atomic mass is 16.2. The van der Waals surface area contributed by atoms with Crippen molar-refractivity contribution in [2.75, 3.05) is 18.0 Å². The van der Waals surface area contributed by atoms with E-state index in [4.69, 9.17) is 5.73 Å². The topological polar surface area (TPSA) is 62.5 Å². The second-order valence-corrected chi connectivity index (χ2v) is 6.32. The maximum Gasteiger partial charge on any atom is 0.243 e. The standard InChI is InChI=1S/C15H20N4O/c16-15(5-6-15)14(20)18-9-11-3-1-7-17-13(11)19-8-2-4-12(19)10-18/h1,3,7,12H,2,4-6,8-10,16H2/t12-/m1/s1. The molecule has 1 atom stereocenters. The molecule has 1 aromatic heterocycles. The van der Waals surface area contributed by atoms with E-state index in [2.05, 4.69) is 16.0 Å². The number of anilines is 1. The number of nitrogens with two attached hydrogens (primary N) is 1. The summed E-state index contributed by atoms with van der Waals surface area (Å²) in [6.45, 7) is 2.48. The Labute approximate surface area is 118 Å². The molecule has 0 spiro atoms. The van der Waals surface area contributed by atoms with Crippen LogP contribution in [0.5, 0.6) is 0 Å². The van der Waals surface area contributed by atoms with Crippen LogP contribution in [-0.4, -0.2) is 40.5 Å². The molecule has 4 rings (SSSR count). The van der Waals surface area contributed by atoms with Gasteiger partial charge in [0.15, 0.2) is 0 Å². The Morgan fingerprint density at radius 3 is 3.10 bits per heavy atom. The van der Waals surface area contributed by atoms with Crippen molar-refractivity contribution < 1.29 is 4.79 Å². The molecule has 2 N–H and O–H groups in total. The van der Waals surface area contributed by atoms with Gasteiger partial charge in [-0.2, -0.15) is 0 Å². The van der Waals surface area contributed by atoms with E-state index < -0.39 is 5.54 Å². The summed E-state index contributed by atoms with van der Waals surface area (Å²) in [5, 5.41) is 0. The van der Waals surface area contributed by atoms with E-state index in [1.165, 1.54) is 6.42 Å². The van der Waals surface area contributed by atoms with Crippen LogP contribution in [0.15, 0.2) is 18.3 Å². The lowest BCUT2D eigenvalue weighted by Gasteiger charge is -2.28. The van der Waals surface area contributed by atoms with Gasteiger partial charge in [0, 0.05) is 37.4 Å². The predicted molar refractivity (Wildman–Crippen MR) is 76.2 cm³/mol. The second-order valence-electron chi connectivity index (χ2n) is 6.32. The second kappa shape index (κ2) is 4.19. The molecular weight excluding hydrogens is 252 g/mol. The van der Waals surface area contributed by atoms with Gasteiger partial charge >= 0.3 is 0 Å². The van der Waals surface area contributed by atoms with Crippen molar-refractivity contribution in [1.82, 2.24) is 9.88 Å². The Bertz CT molecular complexity index is 555. The van der Waals surface area contributed by atoms with Gasteiger partial charge in [0.2, 0.25) is 5.91 Å². The first-order valence-electron chi connectivity index (χ1n) is 7.46.